The van der Waals surface area contributed by atoms with Crippen molar-refractivity contribution in [3.05, 3.63) is 0 Å². The van der Waals surface area contributed by atoms with Crippen LogP contribution in [0.2, 0.25) is 0 Å². The van der Waals surface area contributed by atoms with Crippen molar-refractivity contribution in [3.8, 4) is 0 Å². The normalized spacial score (nSPS) is 18.2. The predicted molar refractivity (Wildman–Crippen MR) is 67.9 cm³/mol. The van der Waals surface area contributed by atoms with E-state index in [-0.39, 0.29) is 11.6 Å². The second-order valence-electron chi connectivity index (χ2n) is 5.27. The number of nitrogens with zero attached hydrogens (tertiary/aromatic N) is 2. The fraction of sp³-hybridized carbons (Fsp3) is 0.917. The van der Waals surface area contributed by atoms with Gasteiger partial charge in [0.25, 0.3) is 0 Å². The zero-order chi connectivity index (χ0) is 12.9. The van der Waals surface area contributed by atoms with Gasteiger partial charge in [0, 0.05) is 38.3 Å². The molecule has 0 aromatic heterocycles. The predicted octanol–water partition coefficient (Wildman–Crippen LogP) is 0.888. The van der Waals surface area contributed by atoms with Crippen LogP contribution < -0.4 is 5.73 Å². The van der Waals surface area contributed by atoms with E-state index in [9.17, 15) is 4.79 Å². The maximum Gasteiger partial charge on any atom is 0.409 e. The molecule has 5 nitrogen and oxygen atoms in total. The average Bonchev–Trinajstić information content (AvgIpc) is 2.26. The van der Waals surface area contributed by atoms with Gasteiger partial charge in [-0.1, -0.05) is 0 Å². The smallest absolute Gasteiger partial charge is 0.409 e. The second-order valence-corrected chi connectivity index (χ2v) is 5.27. The highest BCUT2D eigenvalue weighted by Gasteiger charge is 2.22. The van der Waals surface area contributed by atoms with Gasteiger partial charge in [0.05, 0.1) is 6.61 Å². The van der Waals surface area contributed by atoms with Gasteiger partial charge in [-0.3, -0.25) is 4.90 Å². The lowest BCUT2D eigenvalue weighted by Gasteiger charge is -2.35. The number of hydrogen-bond acceptors (Lipinski definition) is 4. The summed E-state index contributed by atoms with van der Waals surface area (Å²) in [7, 11) is 0. The molecule has 0 bridgehead atoms. The van der Waals surface area contributed by atoms with E-state index in [0.29, 0.717) is 6.61 Å². The molecule has 1 amide bonds. The molecule has 0 aromatic rings. The van der Waals surface area contributed by atoms with Crippen LogP contribution >= 0.6 is 0 Å². The molecule has 0 atom stereocenters. The topological polar surface area (TPSA) is 58.8 Å². The number of nitrogens with two attached hydrogens (primary N) is 1. The van der Waals surface area contributed by atoms with Crippen LogP contribution in [0.15, 0.2) is 0 Å². The number of hydrogen-bond donors (Lipinski definition) is 1. The molecule has 1 saturated heterocycles. The monoisotopic (exact) mass is 243 g/mol. The maximum absolute atomic E-state index is 11.5. The van der Waals surface area contributed by atoms with Crippen LogP contribution in [0.3, 0.4) is 0 Å². The Labute approximate surface area is 104 Å². The molecule has 0 aromatic carbocycles. The zero-order valence-corrected chi connectivity index (χ0v) is 11.2. The van der Waals surface area contributed by atoms with Crippen molar-refractivity contribution < 1.29 is 9.53 Å². The van der Waals surface area contributed by atoms with E-state index >= 15 is 0 Å². The molecule has 0 aliphatic carbocycles. The second kappa shape index (κ2) is 6.21. The quantitative estimate of drug-likeness (QED) is 0.796. The van der Waals surface area contributed by atoms with Gasteiger partial charge in [-0.2, -0.15) is 0 Å². The summed E-state index contributed by atoms with van der Waals surface area (Å²) in [4.78, 5) is 15.6. The van der Waals surface area contributed by atoms with Gasteiger partial charge in [-0.25, -0.2) is 4.79 Å². The summed E-state index contributed by atoms with van der Waals surface area (Å²) in [5.74, 6) is 0. The summed E-state index contributed by atoms with van der Waals surface area (Å²) in [5, 5.41) is 0. The Bertz CT molecular complexity index is 243. The van der Waals surface area contributed by atoms with Crippen molar-refractivity contribution in [1.29, 1.82) is 0 Å². The van der Waals surface area contributed by atoms with Crippen LogP contribution in [-0.4, -0.2) is 60.8 Å². The molecule has 0 spiro atoms. The van der Waals surface area contributed by atoms with Gasteiger partial charge in [0.15, 0.2) is 0 Å². The molecule has 1 rings (SSSR count). The number of amides is 1. The Morgan fingerprint density at radius 1 is 1.29 bits per heavy atom. The van der Waals surface area contributed by atoms with E-state index in [2.05, 4.69) is 4.90 Å². The fourth-order valence-electron chi connectivity index (χ4n) is 1.82. The molecule has 0 radical (unpaired) electrons. The van der Waals surface area contributed by atoms with Crippen molar-refractivity contribution in [1.82, 2.24) is 9.80 Å². The van der Waals surface area contributed by atoms with Crippen LogP contribution in [0.5, 0.6) is 0 Å². The van der Waals surface area contributed by atoms with Gasteiger partial charge in [0.1, 0.15) is 0 Å². The van der Waals surface area contributed by atoms with Gasteiger partial charge >= 0.3 is 6.09 Å². The van der Waals surface area contributed by atoms with Crippen molar-refractivity contribution in [2.75, 3.05) is 39.3 Å². The first kappa shape index (κ1) is 14.3. The van der Waals surface area contributed by atoms with Crippen LogP contribution in [0.1, 0.15) is 27.2 Å². The molecule has 17 heavy (non-hydrogen) atoms. The highest BCUT2D eigenvalue weighted by atomic mass is 16.6. The summed E-state index contributed by atoms with van der Waals surface area (Å²) in [6, 6.07) is 0. The van der Waals surface area contributed by atoms with E-state index in [1.54, 1.807) is 4.90 Å². The molecule has 1 aliphatic rings. The van der Waals surface area contributed by atoms with Crippen LogP contribution in [0.4, 0.5) is 4.79 Å². The minimum atomic E-state index is -0.189. The van der Waals surface area contributed by atoms with Crippen molar-refractivity contribution >= 4 is 6.09 Å². The summed E-state index contributed by atoms with van der Waals surface area (Å²) in [6.45, 7) is 10.7. The first-order valence-electron chi connectivity index (χ1n) is 6.35. The highest BCUT2D eigenvalue weighted by Crippen LogP contribution is 2.08. The summed E-state index contributed by atoms with van der Waals surface area (Å²) in [5.41, 5.74) is 5.84. The number of carbonyl (C=O) groups excluding carboxylic acids is 1. The van der Waals surface area contributed by atoms with E-state index in [4.69, 9.17) is 10.5 Å². The van der Waals surface area contributed by atoms with Crippen molar-refractivity contribution in [2.24, 2.45) is 5.73 Å². The number of carbonyl (C=O) groups is 1. The Balaban J connectivity index is 2.24. The Morgan fingerprint density at radius 3 is 2.35 bits per heavy atom. The first-order chi connectivity index (χ1) is 7.92. The summed E-state index contributed by atoms with van der Waals surface area (Å²) in [6.07, 6.45) is 0.790. The van der Waals surface area contributed by atoms with E-state index in [1.165, 1.54) is 0 Å². The van der Waals surface area contributed by atoms with Crippen molar-refractivity contribution in [3.63, 3.8) is 0 Å². The Kier molecular flexibility index (Phi) is 5.21. The lowest BCUT2D eigenvalue weighted by molar-refractivity contribution is 0.0779. The minimum absolute atomic E-state index is 0.113. The minimum Gasteiger partial charge on any atom is -0.450 e. The molecule has 0 unspecified atom stereocenters. The summed E-state index contributed by atoms with van der Waals surface area (Å²) >= 11 is 0. The maximum atomic E-state index is 11.5. The van der Waals surface area contributed by atoms with Crippen LogP contribution in [0.25, 0.3) is 0 Å². The molecule has 5 heteroatoms. The molecule has 100 valence electrons. The van der Waals surface area contributed by atoms with Gasteiger partial charge in [0.2, 0.25) is 0 Å². The van der Waals surface area contributed by atoms with Crippen molar-refractivity contribution in [2.45, 2.75) is 32.7 Å². The highest BCUT2D eigenvalue weighted by molar-refractivity contribution is 5.67. The SMILES string of the molecule is CCOC(=O)N1CCN(CCC(C)(C)N)CC1. The molecule has 1 heterocycles. The third kappa shape index (κ3) is 5.37. The average molecular weight is 243 g/mol. The summed E-state index contributed by atoms with van der Waals surface area (Å²) < 4.78 is 4.98. The molecule has 2 N–H and O–H groups in total. The standard InChI is InChI=1S/C12H25N3O2/c1-4-17-11(16)15-9-7-14(8-10-15)6-5-12(2,3)13/h4-10,13H2,1-3H3. The molecular weight excluding hydrogens is 218 g/mol. The first-order valence-corrected chi connectivity index (χ1v) is 6.35. The number of ether oxygens (including phenoxy) is 1. The largest absolute Gasteiger partial charge is 0.450 e. The zero-order valence-electron chi connectivity index (χ0n) is 11.2. The van der Waals surface area contributed by atoms with Gasteiger partial charge in [-0.05, 0) is 27.2 Å². The Morgan fingerprint density at radius 2 is 1.88 bits per heavy atom. The van der Waals surface area contributed by atoms with Crippen LogP contribution in [0, 0.1) is 0 Å². The molecular formula is C12H25N3O2. The molecule has 1 aliphatic heterocycles. The Hall–Kier alpha value is -0.810. The van der Waals surface area contributed by atoms with E-state index in [0.717, 1.165) is 39.1 Å². The molecule has 1 fully saturated rings. The lowest BCUT2D eigenvalue weighted by atomic mass is 10.0. The van der Waals surface area contributed by atoms with E-state index in [1.807, 2.05) is 20.8 Å². The van der Waals surface area contributed by atoms with Gasteiger partial charge in [-0.15, -0.1) is 0 Å². The van der Waals surface area contributed by atoms with Crippen LogP contribution in [-0.2, 0) is 4.74 Å². The third-order valence-electron chi connectivity index (χ3n) is 2.97. The fourth-order valence-corrected chi connectivity index (χ4v) is 1.82. The number of rotatable bonds is 4. The van der Waals surface area contributed by atoms with Gasteiger partial charge < -0.3 is 15.4 Å². The molecule has 0 saturated carbocycles. The number of piperazine rings is 1. The third-order valence-corrected chi connectivity index (χ3v) is 2.97. The lowest BCUT2D eigenvalue weighted by Crippen LogP contribution is -2.50. The van der Waals surface area contributed by atoms with E-state index < -0.39 is 0 Å².